The quantitative estimate of drug-likeness (QED) is 0.259. The molecule has 0 fully saturated rings. The number of nitrogens with zero attached hydrogens (tertiary/aromatic N) is 4. The van der Waals surface area contributed by atoms with E-state index in [1.165, 1.54) is 10.9 Å². The van der Waals surface area contributed by atoms with Crippen molar-refractivity contribution in [3.8, 4) is 11.4 Å². The van der Waals surface area contributed by atoms with Crippen molar-refractivity contribution in [2.24, 2.45) is 0 Å². The van der Waals surface area contributed by atoms with Crippen molar-refractivity contribution >= 4 is 44.0 Å². The highest BCUT2D eigenvalue weighted by Crippen LogP contribution is 2.37. The van der Waals surface area contributed by atoms with E-state index in [2.05, 4.69) is 115 Å². The summed E-state index contributed by atoms with van der Waals surface area (Å²) >= 11 is 0. The van der Waals surface area contributed by atoms with Crippen LogP contribution in [-0.4, -0.2) is 19.1 Å². The van der Waals surface area contributed by atoms with E-state index >= 15 is 0 Å². The number of hydrogen-bond donors (Lipinski definition) is 0. The Kier molecular flexibility index (Phi) is 4.37. The highest BCUT2D eigenvalue weighted by atomic mass is 15.1. The maximum absolute atomic E-state index is 5.30. The van der Waals surface area contributed by atoms with E-state index < -0.39 is 0 Å². The van der Waals surface area contributed by atoms with E-state index in [9.17, 15) is 0 Å². The van der Waals surface area contributed by atoms with Gasteiger partial charge in [-0.3, -0.25) is 9.55 Å². The van der Waals surface area contributed by atoms with E-state index in [1.807, 2.05) is 18.3 Å². The van der Waals surface area contributed by atoms with Crippen LogP contribution in [-0.2, 0) is 5.41 Å². The Bertz CT molecular complexity index is 1900. The second kappa shape index (κ2) is 7.53. The van der Waals surface area contributed by atoms with Crippen LogP contribution in [0, 0.1) is 0 Å². The molecule has 7 rings (SSSR count). The van der Waals surface area contributed by atoms with Gasteiger partial charge < -0.3 is 4.57 Å². The van der Waals surface area contributed by atoms with Gasteiger partial charge in [-0.1, -0.05) is 69.3 Å². The van der Waals surface area contributed by atoms with Gasteiger partial charge in [-0.05, 0) is 59.5 Å². The molecule has 0 atom stereocenters. The van der Waals surface area contributed by atoms with Gasteiger partial charge in [0.05, 0.1) is 16.6 Å². The van der Waals surface area contributed by atoms with Crippen LogP contribution in [0.3, 0.4) is 0 Å². The van der Waals surface area contributed by atoms with Crippen molar-refractivity contribution in [1.82, 2.24) is 19.1 Å². The Morgan fingerprint density at radius 1 is 0.583 bits per heavy atom. The molecular weight excluding hydrogens is 440 g/mol. The van der Waals surface area contributed by atoms with E-state index in [1.54, 1.807) is 0 Å². The number of para-hydroxylation sites is 2. The van der Waals surface area contributed by atoms with Crippen LogP contribution < -0.4 is 0 Å². The standard InChI is InChI=1S/C32H26N4/c1-32(2,3)21-15-17-23(18-16-21)35-27-14-9-19-33-29(27)30-28(35)20-25-24-12-7-8-13-26(24)36(31(25)34-30)22-10-5-4-6-11-22/h4-20H,1-3H3. The summed E-state index contributed by atoms with van der Waals surface area (Å²) in [6.45, 7) is 6.74. The number of pyridine rings is 2. The predicted octanol–water partition coefficient (Wildman–Crippen LogP) is 7.97. The molecule has 0 aliphatic carbocycles. The fourth-order valence-electron chi connectivity index (χ4n) is 5.33. The van der Waals surface area contributed by atoms with E-state index in [0.29, 0.717) is 0 Å². The molecule has 4 heteroatoms. The monoisotopic (exact) mass is 466 g/mol. The normalized spacial score (nSPS) is 12.3. The van der Waals surface area contributed by atoms with Crippen LogP contribution in [0.5, 0.6) is 0 Å². The number of benzene rings is 3. The molecular formula is C32H26N4. The number of hydrogen-bond acceptors (Lipinski definition) is 2. The van der Waals surface area contributed by atoms with Crippen LogP contribution in [0.4, 0.5) is 0 Å². The van der Waals surface area contributed by atoms with Gasteiger partial charge in [0, 0.05) is 28.3 Å². The molecule has 0 N–H and O–H groups in total. The summed E-state index contributed by atoms with van der Waals surface area (Å²) in [6.07, 6.45) is 1.85. The highest BCUT2D eigenvalue weighted by molar-refractivity contribution is 6.14. The average molecular weight is 467 g/mol. The SMILES string of the molecule is CC(C)(C)c1ccc(-n2c3cccnc3c3nc4c(cc32)c2ccccc2n4-c2ccccc2)cc1. The second-order valence-electron chi connectivity index (χ2n) is 10.4. The third-order valence-electron chi connectivity index (χ3n) is 7.13. The first kappa shape index (κ1) is 20.9. The van der Waals surface area contributed by atoms with Crippen molar-refractivity contribution in [1.29, 1.82) is 0 Å². The molecule has 3 aromatic carbocycles. The maximum atomic E-state index is 5.30. The fourth-order valence-corrected chi connectivity index (χ4v) is 5.33. The molecule has 4 heterocycles. The van der Waals surface area contributed by atoms with Crippen LogP contribution in [0.1, 0.15) is 26.3 Å². The molecule has 0 spiro atoms. The average Bonchev–Trinajstić information content (AvgIpc) is 3.40. The van der Waals surface area contributed by atoms with Gasteiger partial charge in [-0.15, -0.1) is 0 Å². The van der Waals surface area contributed by atoms with Crippen LogP contribution >= 0.6 is 0 Å². The summed E-state index contributed by atoms with van der Waals surface area (Å²) < 4.78 is 4.56. The largest absolute Gasteiger partial charge is 0.306 e. The van der Waals surface area contributed by atoms with Gasteiger partial charge in [0.1, 0.15) is 16.7 Å². The minimum Gasteiger partial charge on any atom is -0.306 e. The summed E-state index contributed by atoms with van der Waals surface area (Å²) in [4.78, 5) is 10.1. The molecule has 36 heavy (non-hydrogen) atoms. The lowest BCUT2D eigenvalue weighted by molar-refractivity contribution is 0.590. The Balaban J connectivity index is 1.60. The minimum atomic E-state index is 0.105. The van der Waals surface area contributed by atoms with Crippen molar-refractivity contribution in [3.63, 3.8) is 0 Å². The Labute approximate surface area is 209 Å². The third-order valence-corrected chi connectivity index (χ3v) is 7.13. The molecule has 0 radical (unpaired) electrons. The number of aromatic nitrogens is 4. The summed E-state index contributed by atoms with van der Waals surface area (Å²) in [5, 5.41) is 2.33. The molecule has 0 aliphatic rings. The number of fused-ring (bicyclic) bond motifs is 6. The van der Waals surface area contributed by atoms with Crippen LogP contribution in [0.2, 0.25) is 0 Å². The summed E-state index contributed by atoms with van der Waals surface area (Å²) in [5.74, 6) is 0. The minimum absolute atomic E-state index is 0.105. The van der Waals surface area contributed by atoms with E-state index in [0.717, 1.165) is 50.0 Å². The third kappa shape index (κ3) is 3.01. The molecule has 0 bridgehead atoms. The first-order chi connectivity index (χ1) is 17.5. The summed E-state index contributed by atoms with van der Waals surface area (Å²) in [7, 11) is 0. The molecule has 0 saturated heterocycles. The fraction of sp³-hybridized carbons (Fsp3) is 0.125. The van der Waals surface area contributed by atoms with Gasteiger partial charge in [0.15, 0.2) is 0 Å². The van der Waals surface area contributed by atoms with Crippen LogP contribution in [0.15, 0.2) is 103 Å². The molecule has 0 saturated carbocycles. The lowest BCUT2D eigenvalue weighted by Crippen LogP contribution is -2.10. The Morgan fingerprint density at radius 2 is 1.28 bits per heavy atom. The van der Waals surface area contributed by atoms with E-state index in [4.69, 9.17) is 9.97 Å². The van der Waals surface area contributed by atoms with Crippen molar-refractivity contribution in [2.45, 2.75) is 26.2 Å². The number of rotatable bonds is 2. The molecule has 0 unspecified atom stereocenters. The zero-order valence-electron chi connectivity index (χ0n) is 20.6. The lowest BCUT2D eigenvalue weighted by Gasteiger charge is -2.19. The Morgan fingerprint density at radius 3 is 2.06 bits per heavy atom. The van der Waals surface area contributed by atoms with Crippen molar-refractivity contribution < 1.29 is 0 Å². The van der Waals surface area contributed by atoms with Gasteiger partial charge >= 0.3 is 0 Å². The van der Waals surface area contributed by atoms with E-state index in [-0.39, 0.29) is 5.41 Å². The first-order valence-electron chi connectivity index (χ1n) is 12.4. The van der Waals surface area contributed by atoms with Crippen molar-refractivity contribution in [3.05, 3.63) is 109 Å². The molecule has 174 valence electrons. The topological polar surface area (TPSA) is 35.6 Å². The predicted molar refractivity (Wildman–Crippen MR) is 149 cm³/mol. The van der Waals surface area contributed by atoms with Gasteiger partial charge in [0.25, 0.3) is 0 Å². The maximum Gasteiger partial charge on any atom is 0.146 e. The molecule has 0 amide bonds. The smallest absolute Gasteiger partial charge is 0.146 e. The molecule has 0 aliphatic heterocycles. The van der Waals surface area contributed by atoms with Crippen LogP contribution in [0.25, 0.3) is 55.4 Å². The van der Waals surface area contributed by atoms with Gasteiger partial charge in [-0.25, -0.2) is 4.98 Å². The molecule has 4 aromatic heterocycles. The first-order valence-corrected chi connectivity index (χ1v) is 12.4. The molecule has 7 aromatic rings. The Hall–Kier alpha value is -4.44. The lowest BCUT2D eigenvalue weighted by atomic mass is 9.87. The zero-order chi connectivity index (χ0) is 24.4. The molecule has 4 nitrogen and oxygen atoms in total. The summed E-state index contributed by atoms with van der Waals surface area (Å²) in [6, 6.07) is 34.3. The van der Waals surface area contributed by atoms with Gasteiger partial charge in [0.2, 0.25) is 0 Å². The second-order valence-corrected chi connectivity index (χ2v) is 10.4. The highest BCUT2D eigenvalue weighted by Gasteiger charge is 2.20. The van der Waals surface area contributed by atoms with Gasteiger partial charge in [-0.2, -0.15) is 0 Å². The van der Waals surface area contributed by atoms with Crippen molar-refractivity contribution in [2.75, 3.05) is 0 Å². The summed E-state index contributed by atoms with van der Waals surface area (Å²) in [5.41, 5.74) is 9.69. The zero-order valence-corrected chi connectivity index (χ0v) is 20.6.